The molecule has 6 heteroatoms. The maximum atomic E-state index is 6.19. The molecule has 0 radical (unpaired) electrons. The summed E-state index contributed by atoms with van der Waals surface area (Å²) in [6, 6.07) is 5.61. The highest BCUT2D eigenvalue weighted by molar-refractivity contribution is 6.35. The summed E-state index contributed by atoms with van der Waals surface area (Å²) in [5, 5.41) is 4.69. The number of hydrogen-bond donors (Lipinski definition) is 1. The minimum Gasteiger partial charge on any atom is -0.383 e. The van der Waals surface area contributed by atoms with Crippen molar-refractivity contribution in [3.05, 3.63) is 52.0 Å². The van der Waals surface area contributed by atoms with E-state index in [1.807, 2.05) is 24.7 Å². The average molecular weight is 328 g/mol. The molecule has 0 aliphatic rings. The molecule has 2 aromatic rings. The van der Waals surface area contributed by atoms with Gasteiger partial charge < -0.3 is 14.6 Å². The van der Waals surface area contributed by atoms with Gasteiger partial charge in [-0.3, -0.25) is 0 Å². The molecule has 0 spiro atoms. The maximum absolute atomic E-state index is 6.19. The predicted molar refractivity (Wildman–Crippen MR) is 86.0 cm³/mol. The SMILES string of the molecule is COCCNCc1cncn1CCc1ccc(Cl)cc1Cl. The van der Waals surface area contributed by atoms with Gasteiger partial charge in [-0.15, -0.1) is 0 Å². The lowest BCUT2D eigenvalue weighted by atomic mass is 10.1. The van der Waals surface area contributed by atoms with Crippen LogP contribution < -0.4 is 5.32 Å². The molecule has 4 nitrogen and oxygen atoms in total. The summed E-state index contributed by atoms with van der Waals surface area (Å²) in [5.41, 5.74) is 2.24. The molecule has 0 amide bonds. The molecule has 0 aliphatic carbocycles. The number of aromatic nitrogens is 2. The Morgan fingerprint density at radius 1 is 1.33 bits per heavy atom. The maximum Gasteiger partial charge on any atom is 0.0948 e. The quantitative estimate of drug-likeness (QED) is 0.757. The zero-order valence-corrected chi connectivity index (χ0v) is 13.5. The van der Waals surface area contributed by atoms with E-state index in [-0.39, 0.29) is 0 Å². The van der Waals surface area contributed by atoms with Crippen LogP contribution >= 0.6 is 23.2 Å². The van der Waals surface area contributed by atoms with Crippen LogP contribution in [0.3, 0.4) is 0 Å². The number of nitrogens with one attached hydrogen (secondary N) is 1. The number of nitrogens with zero attached hydrogens (tertiary/aromatic N) is 2. The number of halogens is 2. The van der Waals surface area contributed by atoms with Crippen LogP contribution in [0, 0.1) is 0 Å². The Hall–Kier alpha value is -1.07. The Labute approximate surface area is 135 Å². The van der Waals surface area contributed by atoms with E-state index in [4.69, 9.17) is 27.9 Å². The summed E-state index contributed by atoms with van der Waals surface area (Å²) < 4.78 is 7.14. The van der Waals surface area contributed by atoms with Gasteiger partial charge in [0.15, 0.2) is 0 Å². The topological polar surface area (TPSA) is 39.1 Å². The van der Waals surface area contributed by atoms with Crippen LogP contribution in [-0.2, 0) is 24.2 Å². The van der Waals surface area contributed by atoms with E-state index < -0.39 is 0 Å². The van der Waals surface area contributed by atoms with E-state index in [0.29, 0.717) is 16.7 Å². The predicted octanol–water partition coefficient (Wildman–Crippen LogP) is 3.17. The van der Waals surface area contributed by atoms with Crippen molar-refractivity contribution in [2.24, 2.45) is 0 Å². The van der Waals surface area contributed by atoms with Crippen molar-refractivity contribution in [3.63, 3.8) is 0 Å². The smallest absolute Gasteiger partial charge is 0.0948 e. The van der Waals surface area contributed by atoms with Crippen molar-refractivity contribution in [2.45, 2.75) is 19.5 Å². The van der Waals surface area contributed by atoms with Gasteiger partial charge in [-0.2, -0.15) is 0 Å². The van der Waals surface area contributed by atoms with Crippen molar-refractivity contribution in [2.75, 3.05) is 20.3 Å². The lowest BCUT2D eigenvalue weighted by Gasteiger charge is -2.10. The summed E-state index contributed by atoms with van der Waals surface area (Å²) in [6.45, 7) is 3.14. The second-order valence-electron chi connectivity index (χ2n) is 4.73. The molecule has 1 heterocycles. The summed E-state index contributed by atoms with van der Waals surface area (Å²) in [5.74, 6) is 0. The van der Waals surface area contributed by atoms with Crippen LogP contribution in [0.2, 0.25) is 10.0 Å². The normalized spacial score (nSPS) is 11.0. The van der Waals surface area contributed by atoms with Gasteiger partial charge in [0.2, 0.25) is 0 Å². The fourth-order valence-electron chi connectivity index (χ4n) is 2.05. The monoisotopic (exact) mass is 327 g/mol. The first kappa shape index (κ1) is 16.3. The highest BCUT2D eigenvalue weighted by Gasteiger charge is 2.05. The molecule has 0 atom stereocenters. The first-order chi connectivity index (χ1) is 10.2. The minimum atomic E-state index is 0.661. The van der Waals surface area contributed by atoms with Gasteiger partial charge in [-0.05, 0) is 24.1 Å². The number of aryl methyl sites for hydroxylation is 2. The van der Waals surface area contributed by atoms with E-state index in [1.165, 1.54) is 0 Å². The van der Waals surface area contributed by atoms with Crippen LogP contribution in [0.5, 0.6) is 0 Å². The second-order valence-corrected chi connectivity index (χ2v) is 5.58. The number of rotatable bonds is 8. The van der Waals surface area contributed by atoms with E-state index in [0.717, 1.165) is 37.3 Å². The number of benzene rings is 1. The number of imidazole rings is 1. The van der Waals surface area contributed by atoms with Crippen molar-refractivity contribution in [3.8, 4) is 0 Å². The second kappa shape index (κ2) is 8.39. The number of methoxy groups -OCH3 is 1. The van der Waals surface area contributed by atoms with Gasteiger partial charge in [0.25, 0.3) is 0 Å². The lowest BCUT2D eigenvalue weighted by molar-refractivity contribution is 0.199. The fourth-order valence-corrected chi connectivity index (χ4v) is 2.56. The fraction of sp³-hybridized carbons (Fsp3) is 0.400. The summed E-state index contributed by atoms with van der Waals surface area (Å²) in [4.78, 5) is 4.21. The van der Waals surface area contributed by atoms with Gasteiger partial charge in [0, 0.05) is 43.0 Å². The van der Waals surface area contributed by atoms with Crippen molar-refractivity contribution in [1.29, 1.82) is 0 Å². The third-order valence-electron chi connectivity index (χ3n) is 3.22. The Bertz CT molecular complexity index is 572. The molecular formula is C15H19Cl2N3O. The number of hydrogen-bond acceptors (Lipinski definition) is 3. The van der Waals surface area contributed by atoms with Gasteiger partial charge in [0.05, 0.1) is 18.6 Å². The molecule has 0 unspecified atom stereocenters. The standard InChI is InChI=1S/C15H19Cl2N3O/c1-21-7-5-18-9-14-10-19-11-20(14)6-4-12-2-3-13(16)8-15(12)17/h2-3,8,10-11,18H,4-7,9H2,1H3. The summed E-state index contributed by atoms with van der Waals surface area (Å²) in [7, 11) is 1.70. The molecule has 0 bridgehead atoms. The van der Waals surface area contributed by atoms with Gasteiger partial charge in [0.1, 0.15) is 0 Å². The molecule has 1 aromatic heterocycles. The highest BCUT2D eigenvalue weighted by Crippen LogP contribution is 2.21. The minimum absolute atomic E-state index is 0.661. The third-order valence-corrected chi connectivity index (χ3v) is 3.81. The Morgan fingerprint density at radius 3 is 2.95 bits per heavy atom. The Balaban J connectivity index is 1.90. The zero-order chi connectivity index (χ0) is 15.1. The first-order valence-corrected chi connectivity index (χ1v) is 7.59. The molecular weight excluding hydrogens is 309 g/mol. The summed E-state index contributed by atoms with van der Waals surface area (Å²) >= 11 is 12.1. The molecule has 1 aromatic carbocycles. The largest absolute Gasteiger partial charge is 0.383 e. The van der Waals surface area contributed by atoms with Gasteiger partial charge in [-0.25, -0.2) is 4.98 Å². The Kier molecular flexibility index (Phi) is 6.51. The van der Waals surface area contributed by atoms with E-state index in [1.54, 1.807) is 13.2 Å². The van der Waals surface area contributed by atoms with Gasteiger partial charge in [-0.1, -0.05) is 29.3 Å². The molecule has 2 rings (SSSR count). The zero-order valence-electron chi connectivity index (χ0n) is 12.0. The van der Waals surface area contributed by atoms with Gasteiger partial charge >= 0.3 is 0 Å². The highest BCUT2D eigenvalue weighted by atomic mass is 35.5. The molecule has 0 aliphatic heterocycles. The van der Waals surface area contributed by atoms with Crippen molar-refractivity contribution < 1.29 is 4.74 Å². The molecule has 21 heavy (non-hydrogen) atoms. The van der Waals surface area contributed by atoms with Crippen LogP contribution in [0.15, 0.2) is 30.7 Å². The molecule has 0 saturated heterocycles. The Morgan fingerprint density at radius 2 is 2.19 bits per heavy atom. The van der Waals surface area contributed by atoms with Crippen molar-refractivity contribution >= 4 is 23.2 Å². The van der Waals surface area contributed by atoms with E-state index in [9.17, 15) is 0 Å². The third kappa shape index (κ3) is 5.00. The summed E-state index contributed by atoms with van der Waals surface area (Å²) in [6.07, 6.45) is 4.57. The van der Waals surface area contributed by atoms with E-state index >= 15 is 0 Å². The first-order valence-electron chi connectivity index (χ1n) is 6.83. The number of ether oxygens (including phenoxy) is 1. The van der Waals surface area contributed by atoms with Crippen LogP contribution in [0.4, 0.5) is 0 Å². The van der Waals surface area contributed by atoms with Crippen molar-refractivity contribution in [1.82, 2.24) is 14.9 Å². The van der Waals surface area contributed by atoms with E-state index in [2.05, 4.69) is 14.9 Å². The van der Waals surface area contributed by atoms with Crippen LogP contribution in [0.1, 0.15) is 11.3 Å². The molecule has 0 saturated carbocycles. The molecule has 0 fully saturated rings. The average Bonchev–Trinajstić information content (AvgIpc) is 2.90. The van der Waals surface area contributed by atoms with Crippen LogP contribution in [-0.4, -0.2) is 29.8 Å². The lowest BCUT2D eigenvalue weighted by Crippen LogP contribution is -2.20. The van der Waals surface area contributed by atoms with Crippen LogP contribution in [0.25, 0.3) is 0 Å². The molecule has 1 N–H and O–H groups in total. The molecule has 114 valence electrons.